The van der Waals surface area contributed by atoms with E-state index in [2.05, 4.69) is 48.1 Å². The van der Waals surface area contributed by atoms with Gasteiger partial charge in [-0.2, -0.15) is 0 Å². The summed E-state index contributed by atoms with van der Waals surface area (Å²) >= 11 is 9.17. The average molecular weight is 629 g/mol. The summed E-state index contributed by atoms with van der Waals surface area (Å²) in [5.74, 6) is 0.305. The molecule has 0 saturated carbocycles. The molecule has 0 saturated heterocycles. The number of hydrogen-bond donors (Lipinski definition) is 0. The van der Waals surface area contributed by atoms with Crippen molar-refractivity contribution in [3.8, 4) is 0 Å². The number of carbonyl (C=O) groups is 2. The molecule has 0 N–H and O–H groups in total. The van der Waals surface area contributed by atoms with Gasteiger partial charge in [-0.05, 0) is 91.2 Å². The van der Waals surface area contributed by atoms with E-state index in [0.29, 0.717) is 35.8 Å². The second-order valence-electron chi connectivity index (χ2n) is 9.44. The second kappa shape index (κ2) is 16.2. The van der Waals surface area contributed by atoms with E-state index >= 15 is 0 Å². The van der Waals surface area contributed by atoms with E-state index in [9.17, 15) is 9.59 Å². The normalized spacial score (nSPS) is 11.2. The Labute approximate surface area is 267 Å². The zero-order chi connectivity index (χ0) is 30.6. The van der Waals surface area contributed by atoms with Crippen molar-refractivity contribution >= 4 is 58.3 Å². The highest BCUT2D eigenvalue weighted by Gasteiger charge is 2.18. The van der Waals surface area contributed by atoms with Crippen LogP contribution in [0.3, 0.4) is 0 Å². The number of amides is 1. The van der Waals surface area contributed by atoms with Gasteiger partial charge in [0.05, 0.1) is 0 Å². The van der Waals surface area contributed by atoms with E-state index in [1.807, 2.05) is 68.4 Å². The SMILES string of the molecule is C=C(c1ccccc1)c1ccc(Sc2ccc(C(=O)C(CCSc3ccc(Cl)cc3)=NOC(=O)N(CC)CC)cc2)cc1. The van der Waals surface area contributed by atoms with Crippen LogP contribution in [0.15, 0.2) is 130 Å². The van der Waals surface area contributed by atoms with Gasteiger partial charge in [0, 0.05) is 50.5 Å². The van der Waals surface area contributed by atoms with Crippen molar-refractivity contribution in [1.82, 2.24) is 4.90 Å². The first kappa shape index (κ1) is 32.1. The smallest absolute Gasteiger partial charge is 0.307 e. The molecule has 0 unspecified atom stereocenters. The maximum atomic E-state index is 13.5. The molecule has 43 heavy (non-hydrogen) atoms. The molecule has 0 bridgehead atoms. The average Bonchev–Trinajstić information content (AvgIpc) is 3.04. The molecule has 4 rings (SSSR count). The van der Waals surface area contributed by atoms with Crippen LogP contribution in [0.5, 0.6) is 0 Å². The van der Waals surface area contributed by atoms with Crippen LogP contribution in [-0.2, 0) is 4.84 Å². The standard InChI is InChI=1S/C35H33ClN2O3S2/c1-4-38(5-2)35(40)41-37-33(23-24-42-30-21-15-29(36)16-22-30)34(39)28-13-19-32(20-14-28)43-31-17-11-27(12-18-31)25(3)26-9-7-6-8-10-26/h6-22H,3-5,23-24H2,1-2H3. The molecule has 5 nitrogen and oxygen atoms in total. The number of rotatable bonds is 13. The number of ketones is 1. The predicted octanol–water partition coefficient (Wildman–Crippen LogP) is 9.75. The number of thioether (sulfide) groups is 1. The molecular weight excluding hydrogens is 596 g/mol. The molecule has 0 fully saturated rings. The van der Waals surface area contributed by atoms with Gasteiger partial charge in [0.25, 0.3) is 0 Å². The Hall–Kier alpha value is -3.78. The number of benzene rings is 4. The first-order chi connectivity index (χ1) is 20.9. The molecule has 8 heteroatoms. The van der Waals surface area contributed by atoms with E-state index in [-0.39, 0.29) is 11.5 Å². The van der Waals surface area contributed by atoms with Crippen molar-refractivity contribution < 1.29 is 14.4 Å². The Morgan fingerprint density at radius 3 is 1.88 bits per heavy atom. The minimum absolute atomic E-state index is 0.191. The Morgan fingerprint density at radius 1 is 0.767 bits per heavy atom. The van der Waals surface area contributed by atoms with Crippen molar-refractivity contribution in [3.63, 3.8) is 0 Å². The highest BCUT2D eigenvalue weighted by molar-refractivity contribution is 7.99. The number of Topliss-reactive ketones (excluding diaryl/α,β-unsaturated/α-hetero) is 1. The van der Waals surface area contributed by atoms with Crippen molar-refractivity contribution in [3.05, 3.63) is 131 Å². The summed E-state index contributed by atoms with van der Waals surface area (Å²) in [6, 6.07) is 33.3. The maximum absolute atomic E-state index is 13.5. The van der Waals surface area contributed by atoms with E-state index in [4.69, 9.17) is 16.4 Å². The van der Waals surface area contributed by atoms with Gasteiger partial charge < -0.3 is 4.90 Å². The zero-order valence-electron chi connectivity index (χ0n) is 24.2. The van der Waals surface area contributed by atoms with Crippen LogP contribution < -0.4 is 0 Å². The lowest BCUT2D eigenvalue weighted by atomic mass is 10.00. The summed E-state index contributed by atoms with van der Waals surface area (Å²) in [7, 11) is 0. The Morgan fingerprint density at radius 2 is 1.30 bits per heavy atom. The molecule has 0 aliphatic rings. The molecule has 1 amide bonds. The third-order valence-corrected chi connectivity index (χ3v) is 8.90. The maximum Gasteiger partial charge on any atom is 0.435 e. The fourth-order valence-corrected chi connectivity index (χ4v) is 5.94. The van der Waals surface area contributed by atoms with Gasteiger partial charge in [0.1, 0.15) is 5.71 Å². The predicted molar refractivity (Wildman–Crippen MR) is 180 cm³/mol. The first-order valence-electron chi connectivity index (χ1n) is 14.0. The summed E-state index contributed by atoms with van der Waals surface area (Å²) in [5.41, 5.74) is 3.81. The minimum Gasteiger partial charge on any atom is -0.307 e. The fourth-order valence-electron chi connectivity index (χ4n) is 4.14. The number of carbonyl (C=O) groups excluding carboxylic acids is 2. The zero-order valence-corrected chi connectivity index (χ0v) is 26.6. The monoisotopic (exact) mass is 628 g/mol. The third-order valence-electron chi connectivity index (χ3n) is 6.62. The third kappa shape index (κ3) is 9.35. The van der Waals surface area contributed by atoms with Gasteiger partial charge >= 0.3 is 6.09 Å². The van der Waals surface area contributed by atoms with Crippen LogP contribution in [0.2, 0.25) is 5.02 Å². The summed E-state index contributed by atoms with van der Waals surface area (Å²) < 4.78 is 0. The van der Waals surface area contributed by atoms with Gasteiger partial charge in [0.2, 0.25) is 5.78 Å². The summed E-state index contributed by atoms with van der Waals surface area (Å²) in [4.78, 5) is 35.7. The largest absolute Gasteiger partial charge is 0.435 e. The van der Waals surface area contributed by atoms with Gasteiger partial charge in [-0.15, -0.1) is 11.8 Å². The Bertz CT molecular complexity index is 1550. The van der Waals surface area contributed by atoms with Crippen molar-refractivity contribution in [1.29, 1.82) is 0 Å². The minimum atomic E-state index is -0.578. The van der Waals surface area contributed by atoms with Crippen LogP contribution in [0.25, 0.3) is 5.57 Å². The van der Waals surface area contributed by atoms with Crippen molar-refractivity contribution in [2.24, 2.45) is 5.16 Å². The number of nitrogens with zero attached hydrogens (tertiary/aromatic N) is 2. The molecular formula is C35H33ClN2O3S2. The lowest BCUT2D eigenvalue weighted by molar-refractivity contribution is 0.102. The molecule has 220 valence electrons. The molecule has 0 aliphatic carbocycles. The quantitative estimate of drug-likeness (QED) is 0.0485. The molecule has 0 heterocycles. The molecule has 0 radical (unpaired) electrons. The summed E-state index contributed by atoms with van der Waals surface area (Å²) in [6.07, 6.45) is -0.250. The van der Waals surface area contributed by atoms with Crippen LogP contribution in [-0.4, -0.2) is 41.3 Å². The van der Waals surface area contributed by atoms with Crippen LogP contribution in [0.1, 0.15) is 41.8 Å². The fraction of sp³-hybridized carbons (Fsp3) is 0.171. The van der Waals surface area contributed by atoms with Gasteiger partial charge in [-0.1, -0.05) is 77.6 Å². The van der Waals surface area contributed by atoms with Gasteiger partial charge in [0.15, 0.2) is 0 Å². The van der Waals surface area contributed by atoms with E-state index in [0.717, 1.165) is 31.4 Å². The molecule has 4 aromatic rings. The Balaban J connectivity index is 1.42. The molecule has 4 aromatic carbocycles. The van der Waals surface area contributed by atoms with Crippen molar-refractivity contribution in [2.45, 2.75) is 35.0 Å². The topological polar surface area (TPSA) is 59.0 Å². The number of halogens is 1. The van der Waals surface area contributed by atoms with Crippen LogP contribution >= 0.6 is 35.1 Å². The van der Waals surface area contributed by atoms with Crippen LogP contribution in [0.4, 0.5) is 4.79 Å². The highest BCUT2D eigenvalue weighted by atomic mass is 35.5. The Kier molecular flexibility index (Phi) is 12.1. The lowest BCUT2D eigenvalue weighted by Crippen LogP contribution is -2.30. The first-order valence-corrected chi connectivity index (χ1v) is 16.1. The summed E-state index contributed by atoms with van der Waals surface area (Å²) in [6.45, 7) is 8.94. The van der Waals surface area contributed by atoms with E-state index < -0.39 is 6.09 Å². The van der Waals surface area contributed by atoms with Crippen LogP contribution in [0, 0.1) is 0 Å². The van der Waals surface area contributed by atoms with Crippen molar-refractivity contribution in [2.75, 3.05) is 18.8 Å². The van der Waals surface area contributed by atoms with E-state index in [1.165, 1.54) is 4.90 Å². The molecule has 0 spiro atoms. The lowest BCUT2D eigenvalue weighted by Gasteiger charge is -2.15. The summed E-state index contributed by atoms with van der Waals surface area (Å²) in [5, 5.41) is 4.69. The second-order valence-corrected chi connectivity index (χ2v) is 12.2. The van der Waals surface area contributed by atoms with Gasteiger partial charge in [-0.25, -0.2) is 4.79 Å². The number of hydrogen-bond acceptors (Lipinski definition) is 6. The molecule has 0 aromatic heterocycles. The number of oxime groups is 1. The highest BCUT2D eigenvalue weighted by Crippen LogP contribution is 2.30. The molecule has 0 atom stereocenters. The molecule has 0 aliphatic heterocycles. The van der Waals surface area contributed by atoms with E-state index in [1.54, 1.807) is 35.7 Å². The van der Waals surface area contributed by atoms with Gasteiger partial charge in [-0.3, -0.25) is 9.63 Å².